The Bertz CT molecular complexity index is 1150. The van der Waals surface area contributed by atoms with Crippen molar-refractivity contribution in [2.75, 3.05) is 30.1 Å². The van der Waals surface area contributed by atoms with E-state index in [0.717, 1.165) is 34.8 Å². The van der Waals surface area contributed by atoms with Gasteiger partial charge in [-0.2, -0.15) is 25.3 Å². The number of thioether (sulfide) groups is 2. The van der Waals surface area contributed by atoms with Crippen LogP contribution in [0.15, 0.2) is 97.6 Å². The monoisotopic (exact) mass is 566 g/mol. The summed E-state index contributed by atoms with van der Waals surface area (Å²) in [6, 6.07) is 24.9. The molecule has 2 aromatic carbocycles. The van der Waals surface area contributed by atoms with Crippen molar-refractivity contribution in [3.8, 4) is 28.0 Å². The molecule has 1 fully saturated rings. The zero-order chi connectivity index (χ0) is 26.1. The fourth-order valence-corrected chi connectivity index (χ4v) is 6.92. The number of methoxy groups -OCH3 is 1. The third-order valence-corrected chi connectivity index (χ3v) is 9.01. The summed E-state index contributed by atoms with van der Waals surface area (Å²) >= 11 is 12.0. The summed E-state index contributed by atoms with van der Waals surface area (Å²) < 4.78 is 5.76. The fraction of sp³-hybridized carbons (Fsp3) is 0.267. The molecule has 0 radical (unpaired) electrons. The first-order valence-corrected chi connectivity index (χ1v) is 15.6. The highest BCUT2D eigenvalue weighted by atomic mass is 32.2. The largest absolute Gasteiger partial charge is 0.497 e. The molecule has 194 valence electrons. The van der Waals surface area contributed by atoms with E-state index < -0.39 is 0 Å². The first-order valence-electron chi connectivity index (χ1n) is 12.2. The number of ether oxygens (including phenoxy) is 1. The Kier molecular flexibility index (Phi) is 13.9. The molecular weight excluding hydrogens is 533 g/mol. The molecule has 2 aromatic heterocycles. The third-order valence-electron chi connectivity index (χ3n) is 5.36. The van der Waals surface area contributed by atoms with Gasteiger partial charge in [-0.3, -0.25) is 9.97 Å². The average molecular weight is 567 g/mol. The summed E-state index contributed by atoms with van der Waals surface area (Å²) in [7, 11) is 1.67. The molecule has 4 aromatic rings. The molecule has 0 spiro atoms. The number of benzene rings is 2. The SMILES string of the molecule is COc1cccc(-c2cccnc2)c1.SCCCS.c1cncc(-c2cccc(C3SCCCS3)c2)c1. The lowest BCUT2D eigenvalue weighted by Gasteiger charge is -2.21. The number of aromatic nitrogens is 2. The Balaban J connectivity index is 0.000000178. The van der Waals surface area contributed by atoms with Gasteiger partial charge in [0.25, 0.3) is 0 Å². The lowest BCUT2D eigenvalue weighted by Crippen LogP contribution is -2.00. The van der Waals surface area contributed by atoms with Gasteiger partial charge in [0.1, 0.15) is 5.75 Å². The van der Waals surface area contributed by atoms with Crippen LogP contribution in [0.5, 0.6) is 5.75 Å². The van der Waals surface area contributed by atoms with Crippen molar-refractivity contribution >= 4 is 48.8 Å². The van der Waals surface area contributed by atoms with Crippen molar-refractivity contribution in [2.45, 2.75) is 17.4 Å². The molecule has 0 bridgehead atoms. The summed E-state index contributed by atoms with van der Waals surface area (Å²) in [5, 5.41) is 0. The summed E-state index contributed by atoms with van der Waals surface area (Å²) in [4.78, 5) is 8.27. The molecular formula is C30H34N2OS4. The van der Waals surface area contributed by atoms with E-state index in [1.807, 2.05) is 61.1 Å². The lowest BCUT2D eigenvalue weighted by atomic mass is 10.1. The van der Waals surface area contributed by atoms with Gasteiger partial charge in [0, 0.05) is 30.4 Å². The van der Waals surface area contributed by atoms with Crippen LogP contribution in [0.4, 0.5) is 0 Å². The Morgan fingerprint density at radius 1 is 0.757 bits per heavy atom. The van der Waals surface area contributed by atoms with Gasteiger partial charge in [0.2, 0.25) is 0 Å². The molecule has 0 atom stereocenters. The number of nitrogens with zero attached hydrogens (tertiary/aromatic N) is 2. The number of pyridine rings is 2. The predicted molar refractivity (Wildman–Crippen MR) is 170 cm³/mol. The lowest BCUT2D eigenvalue weighted by molar-refractivity contribution is 0.415. The highest BCUT2D eigenvalue weighted by Crippen LogP contribution is 2.44. The molecule has 7 heteroatoms. The first-order chi connectivity index (χ1) is 18.2. The van der Waals surface area contributed by atoms with Crippen LogP contribution in [-0.4, -0.2) is 40.1 Å². The van der Waals surface area contributed by atoms with Gasteiger partial charge in [-0.05, 0) is 88.4 Å². The van der Waals surface area contributed by atoms with Crippen LogP contribution in [-0.2, 0) is 0 Å². The van der Waals surface area contributed by atoms with E-state index in [1.54, 1.807) is 13.3 Å². The van der Waals surface area contributed by atoms with Crippen LogP contribution < -0.4 is 4.74 Å². The maximum absolute atomic E-state index is 5.16. The second-order valence-electron chi connectivity index (χ2n) is 8.07. The maximum atomic E-state index is 5.16. The number of rotatable bonds is 6. The Labute approximate surface area is 241 Å². The summed E-state index contributed by atoms with van der Waals surface area (Å²) in [5.41, 5.74) is 6.13. The third kappa shape index (κ3) is 10.3. The van der Waals surface area contributed by atoms with Gasteiger partial charge in [-0.15, -0.1) is 23.5 Å². The minimum atomic E-state index is 0.607. The zero-order valence-electron chi connectivity index (χ0n) is 21.1. The molecule has 0 unspecified atom stereocenters. The van der Waals surface area contributed by atoms with Crippen LogP contribution in [0, 0.1) is 0 Å². The second kappa shape index (κ2) is 17.4. The van der Waals surface area contributed by atoms with E-state index in [9.17, 15) is 0 Å². The van der Waals surface area contributed by atoms with E-state index in [2.05, 4.69) is 89.1 Å². The molecule has 0 aliphatic carbocycles. The molecule has 3 heterocycles. The highest BCUT2D eigenvalue weighted by Gasteiger charge is 2.16. The van der Waals surface area contributed by atoms with Crippen LogP contribution >= 0.6 is 48.8 Å². The van der Waals surface area contributed by atoms with Gasteiger partial charge in [0.15, 0.2) is 0 Å². The minimum Gasteiger partial charge on any atom is -0.497 e. The molecule has 5 rings (SSSR count). The van der Waals surface area contributed by atoms with Crippen LogP contribution in [0.1, 0.15) is 23.0 Å². The molecule has 0 amide bonds. The van der Waals surface area contributed by atoms with Crippen LogP contribution in [0.2, 0.25) is 0 Å². The fourth-order valence-electron chi connectivity index (χ4n) is 3.49. The van der Waals surface area contributed by atoms with Crippen molar-refractivity contribution in [3.05, 3.63) is 103 Å². The van der Waals surface area contributed by atoms with Gasteiger partial charge in [-0.25, -0.2) is 0 Å². The van der Waals surface area contributed by atoms with E-state index in [4.69, 9.17) is 4.74 Å². The molecule has 1 aliphatic rings. The highest BCUT2D eigenvalue weighted by molar-refractivity contribution is 8.16. The zero-order valence-corrected chi connectivity index (χ0v) is 24.5. The predicted octanol–water partition coefficient (Wildman–Crippen LogP) is 8.61. The number of hydrogen-bond acceptors (Lipinski definition) is 7. The van der Waals surface area contributed by atoms with E-state index in [1.165, 1.54) is 34.6 Å². The first kappa shape index (κ1) is 29.5. The molecule has 3 nitrogen and oxygen atoms in total. The van der Waals surface area contributed by atoms with Crippen molar-refractivity contribution in [1.82, 2.24) is 9.97 Å². The van der Waals surface area contributed by atoms with Crippen molar-refractivity contribution in [1.29, 1.82) is 0 Å². The summed E-state index contributed by atoms with van der Waals surface area (Å²) in [6.45, 7) is 0. The molecule has 0 saturated carbocycles. The van der Waals surface area contributed by atoms with Crippen molar-refractivity contribution in [3.63, 3.8) is 0 Å². The molecule has 0 N–H and O–H groups in total. The smallest absolute Gasteiger partial charge is 0.119 e. The minimum absolute atomic E-state index is 0.607. The Hall–Kier alpha value is -2.06. The van der Waals surface area contributed by atoms with Crippen LogP contribution in [0.3, 0.4) is 0 Å². The molecule has 1 saturated heterocycles. The van der Waals surface area contributed by atoms with Crippen molar-refractivity contribution in [2.24, 2.45) is 0 Å². The normalized spacial score (nSPS) is 12.9. The summed E-state index contributed by atoms with van der Waals surface area (Å²) in [5.74, 6) is 5.36. The molecule has 37 heavy (non-hydrogen) atoms. The van der Waals surface area contributed by atoms with E-state index in [-0.39, 0.29) is 0 Å². The van der Waals surface area contributed by atoms with Gasteiger partial charge < -0.3 is 4.74 Å². The second-order valence-corrected chi connectivity index (χ2v) is 11.7. The quantitative estimate of drug-likeness (QED) is 0.228. The summed E-state index contributed by atoms with van der Waals surface area (Å²) in [6.07, 6.45) is 9.82. The van der Waals surface area contributed by atoms with Gasteiger partial charge >= 0.3 is 0 Å². The maximum Gasteiger partial charge on any atom is 0.119 e. The Morgan fingerprint density at radius 3 is 1.84 bits per heavy atom. The van der Waals surface area contributed by atoms with Gasteiger partial charge in [-0.1, -0.05) is 42.5 Å². The number of thiol groups is 2. The van der Waals surface area contributed by atoms with Crippen LogP contribution in [0.25, 0.3) is 22.3 Å². The van der Waals surface area contributed by atoms with E-state index >= 15 is 0 Å². The topological polar surface area (TPSA) is 35.0 Å². The van der Waals surface area contributed by atoms with E-state index in [0.29, 0.717) is 4.58 Å². The van der Waals surface area contributed by atoms with Crippen molar-refractivity contribution < 1.29 is 4.74 Å². The Morgan fingerprint density at radius 2 is 1.32 bits per heavy atom. The standard InChI is InChI=1S/C15H15NS2.C12H11NO.C3H8S2/c1-4-12(14-6-2-7-16-11-14)10-13(5-1)15-17-8-3-9-18-15;1-14-12-6-2-4-10(8-12)11-5-3-7-13-9-11;4-2-1-3-5/h1-2,4-7,10-11,15H,3,8-9H2;2-9H,1H3;4-5H,1-3H2. The van der Waals surface area contributed by atoms with Gasteiger partial charge in [0.05, 0.1) is 11.7 Å². The average Bonchev–Trinajstić information content (AvgIpc) is 3.00. The molecule has 1 aliphatic heterocycles. The number of hydrogen-bond donors (Lipinski definition) is 2.